The van der Waals surface area contributed by atoms with Crippen molar-refractivity contribution in [2.75, 3.05) is 0 Å². The van der Waals surface area contributed by atoms with Gasteiger partial charge >= 0.3 is 0 Å². The monoisotopic (exact) mass is 308 g/mol. The van der Waals surface area contributed by atoms with Crippen LogP contribution in [0.3, 0.4) is 0 Å². The summed E-state index contributed by atoms with van der Waals surface area (Å²) in [6.45, 7) is 2.13. The van der Waals surface area contributed by atoms with Crippen LogP contribution >= 0.6 is 0 Å². The predicted molar refractivity (Wildman–Crippen MR) is 86.4 cm³/mol. The van der Waals surface area contributed by atoms with Gasteiger partial charge in [-0.1, -0.05) is 6.92 Å². The minimum atomic E-state index is 0.0607. The van der Waals surface area contributed by atoms with Gasteiger partial charge in [0, 0.05) is 41.3 Å². The van der Waals surface area contributed by atoms with E-state index in [1.807, 2.05) is 18.3 Å². The van der Waals surface area contributed by atoms with Gasteiger partial charge in [0.05, 0.1) is 6.04 Å². The lowest BCUT2D eigenvalue weighted by Crippen LogP contribution is -2.32. The molecule has 0 radical (unpaired) electrons. The van der Waals surface area contributed by atoms with Crippen LogP contribution in [-0.4, -0.2) is 20.9 Å². The van der Waals surface area contributed by atoms with Gasteiger partial charge in [0.25, 0.3) is 0 Å². The highest BCUT2D eigenvalue weighted by Gasteiger charge is 2.40. The number of aryl methyl sites for hydroxylation is 1. The molecule has 0 spiro atoms. The Morgan fingerprint density at radius 1 is 1.30 bits per heavy atom. The lowest BCUT2D eigenvalue weighted by Gasteiger charge is -2.25. The second-order valence-electron chi connectivity index (χ2n) is 6.60. The van der Waals surface area contributed by atoms with Crippen molar-refractivity contribution < 1.29 is 4.79 Å². The van der Waals surface area contributed by atoms with E-state index in [4.69, 9.17) is 4.98 Å². The van der Waals surface area contributed by atoms with Crippen molar-refractivity contribution in [2.24, 2.45) is 11.8 Å². The SMILES string of the molecule is C[C@@H]1C[C@@H]1C(=O)N[C@@H]1CCCc2nc(-c3ccncc3)ncc21. The number of hydrogen-bond donors (Lipinski definition) is 1. The van der Waals surface area contributed by atoms with Gasteiger partial charge in [-0.15, -0.1) is 0 Å². The average molecular weight is 308 g/mol. The minimum Gasteiger partial charge on any atom is -0.349 e. The molecule has 0 bridgehead atoms. The molecular weight excluding hydrogens is 288 g/mol. The van der Waals surface area contributed by atoms with Gasteiger partial charge in [-0.3, -0.25) is 9.78 Å². The molecule has 2 heterocycles. The van der Waals surface area contributed by atoms with E-state index in [0.29, 0.717) is 5.92 Å². The van der Waals surface area contributed by atoms with Crippen LogP contribution in [0.25, 0.3) is 11.4 Å². The molecule has 5 nitrogen and oxygen atoms in total. The number of carbonyl (C=O) groups is 1. The van der Waals surface area contributed by atoms with Gasteiger partial charge in [0.2, 0.25) is 5.91 Å². The fourth-order valence-electron chi connectivity index (χ4n) is 3.30. The predicted octanol–water partition coefficient (Wildman–Crippen LogP) is 2.69. The Morgan fingerprint density at radius 2 is 2.09 bits per heavy atom. The first-order valence-electron chi connectivity index (χ1n) is 8.29. The Kier molecular flexibility index (Phi) is 3.56. The zero-order valence-corrected chi connectivity index (χ0v) is 13.2. The summed E-state index contributed by atoms with van der Waals surface area (Å²) in [6.07, 6.45) is 9.36. The van der Waals surface area contributed by atoms with Gasteiger partial charge in [0.15, 0.2) is 5.82 Å². The number of hydrogen-bond acceptors (Lipinski definition) is 4. The van der Waals surface area contributed by atoms with E-state index >= 15 is 0 Å². The zero-order valence-electron chi connectivity index (χ0n) is 13.2. The topological polar surface area (TPSA) is 67.8 Å². The molecule has 5 heteroatoms. The first-order valence-corrected chi connectivity index (χ1v) is 8.29. The Hall–Kier alpha value is -2.30. The van der Waals surface area contributed by atoms with Crippen LogP contribution in [0.4, 0.5) is 0 Å². The van der Waals surface area contributed by atoms with E-state index in [-0.39, 0.29) is 17.9 Å². The Balaban J connectivity index is 1.58. The Labute approximate surface area is 135 Å². The van der Waals surface area contributed by atoms with Crippen LogP contribution in [-0.2, 0) is 11.2 Å². The fraction of sp³-hybridized carbons (Fsp3) is 0.444. The average Bonchev–Trinajstić information content (AvgIpc) is 3.32. The lowest BCUT2D eigenvalue weighted by molar-refractivity contribution is -0.123. The van der Waals surface area contributed by atoms with Crippen molar-refractivity contribution in [3.63, 3.8) is 0 Å². The molecule has 1 N–H and O–H groups in total. The molecule has 23 heavy (non-hydrogen) atoms. The number of aromatic nitrogens is 3. The summed E-state index contributed by atoms with van der Waals surface area (Å²) in [6, 6.07) is 3.89. The summed E-state index contributed by atoms with van der Waals surface area (Å²) in [4.78, 5) is 25.5. The van der Waals surface area contributed by atoms with Crippen LogP contribution in [0.1, 0.15) is 43.5 Å². The van der Waals surface area contributed by atoms with Crippen LogP contribution in [0.15, 0.2) is 30.7 Å². The quantitative estimate of drug-likeness (QED) is 0.946. The molecule has 2 aromatic rings. The summed E-state index contributed by atoms with van der Waals surface area (Å²) in [5.74, 6) is 1.66. The molecule has 1 saturated carbocycles. The number of fused-ring (bicyclic) bond motifs is 1. The molecule has 0 saturated heterocycles. The molecule has 118 valence electrons. The molecule has 1 amide bonds. The first-order chi connectivity index (χ1) is 11.2. The highest BCUT2D eigenvalue weighted by Crippen LogP contribution is 2.39. The summed E-state index contributed by atoms with van der Waals surface area (Å²) in [5, 5.41) is 3.20. The smallest absolute Gasteiger partial charge is 0.223 e. The maximum Gasteiger partial charge on any atom is 0.223 e. The van der Waals surface area contributed by atoms with E-state index < -0.39 is 0 Å². The van der Waals surface area contributed by atoms with E-state index in [2.05, 4.69) is 22.2 Å². The lowest BCUT2D eigenvalue weighted by atomic mass is 9.92. The molecule has 1 fully saturated rings. The molecule has 0 aromatic carbocycles. The third-order valence-electron chi connectivity index (χ3n) is 4.88. The fourth-order valence-corrected chi connectivity index (χ4v) is 3.30. The van der Waals surface area contributed by atoms with Crippen molar-refractivity contribution >= 4 is 5.91 Å². The van der Waals surface area contributed by atoms with Gasteiger partial charge in [-0.25, -0.2) is 9.97 Å². The van der Waals surface area contributed by atoms with Gasteiger partial charge < -0.3 is 5.32 Å². The highest BCUT2D eigenvalue weighted by atomic mass is 16.2. The van der Waals surface area contributed by atoms with Crippen LogP contribution in [0.5, 0.6) is 0 Å². The second kappa shape index (κ2) is 5.72. The van der Waals surface area contributed by atoms with Crippen LogP contribution < -0.4 is 5.32 Å². The first kappa shape index (κ1) is 14.3. The molecule has 2 aromatic heterocycles. The number of nitrogens with one attached hydrogen (secondary N) is 1. The zero-order chi connectivity index (χ0) is 15.8. The summed E-state index contributed by atoms with van der Waals surface area (Å²) < 4.78 is 0. The Morgan fingerprint density at radius 3 is 2.83 bits per heavy atom. The number of amides is 1. The summed E-state index contributed by atoms with van der Waals surface area (Å²) in [7, 11) is 0. The van der Waals surface area contributed by atoms with E-state index in [1.54, 1.807) is 12.4 Å². The van der Waals surface area contributed by atoms with Crippen LogP contribution in [0, 0.1) is 11.8 Å². The van der Waals surface area contributed by atoms with Crippen molar-refractivity contribution in [1.29, 1.82) is 0 Å². The van der Waals surface area contributed by atoms with Crippen molar-refractivity contribution in [3.8, 4) is 11.4 Å². The van der Waals surface area contributed by atoms with E-state index in [1.165, 1.54) is 0 Å². The highest BCUT2D eigenvalue weighted by molar-refractivity contribution is 5.81. The number of carbonyl (C=O) groups excluding carboxylic acids is 1. The van der Waals surface area contributed by atoms with Crippen molar-refractivity contribution in [3.05, 3.63) is 42.0 Å². The molecular formula is C18H20N4O. The van der Waals surface area contributed by atoms with Crippen LogP contribution in [0.2, 0.25) is 0 Å². The third kappa shape index (κ3) is 2.83. The normalized spacial score (nSPS) is 25.5. The van der Waals surface area contributed by atoms with E-state index in [9.17, 15) is 4.79 Å². The van der Waals surface area contributed by atoms with Crippen molar-refractivity contribution in [1.82, 2.24) is 20.3 Å². The molecule has 4 rings (SSSR count). The van der Waals surface area contributed by atoms with Crippen molar-refractivity contribution in [2.45, 2.75) is 38.6 Å². The molecule has 2 aliphatic rings. The molecule has 2 aliphatic carbocycles. The Bertz CT molecular complexity index is 731. The number of pyridine rings is 1. The van der Waals surface area contributed by atoms with Gasteiger partial charge in [-0.05, 0) is 43.7 Å². The number of rotatable bonds is 3. The minimum absolute atomic E-state index is 0.0607. The molecule has 3 atom stereocenters. The maximum absolute atomic E-state index is 12.2. The second-order valence-corrected chi connectivity index (χ2v) is 6.60. The van der Waals surface area contributed by atoms with Gasteiger partial charge in [0.1, 0.15) is 0 Å². The number of nitrogens with zero attached hydrogens (tertiary/aromatic N) is 3. The van der Waals surface area contributed by atoms with E-state index in [0.717, 1.165) is 48.3 Å². The standard InChI is InChI=1S/C18H20N4O/c1-11-9-13(11)18(23)22-16-4-2-3-15-14(16)10-20-17(21-15)12-5-7-19-8-6-12/h5-8,10-11,13,16H,2-4,9H2,1H3,(H,22,23)/t11-,13+,16-/m1/s1. The summed E-state index contributed by atoms with van der Waals surface area (Å²) >= 11 is 0. The third-order valence-corrected chi connectivity index (χ3v) is 4.88. The molecule has 0 unspecified atom stereocenters. The largest absolute Gasteiger partial charge is 0.349 e. The van der Waals surface area contributed by atoms with Gasteiger partial charge in [-0.2, -0.15) is 0 Å². The maximum atomic E-state index is 12.2. The summed E-state index contributed by atoms with van der Waals surface area (Å²) in [5.41, 5.74) is 3.11. The molecule has 0 aliphatic heterocycles.